The van der Waals surface area contributed by atoms with Gasteiger partial charge in [-0.1, -0.05) is 23.8 Å². The Morgan fingerprint density at radius 2 is 2.25 bits per heavy atom. The number of nitrogens with two attached hydrogens (primary N) is 1. The predicted molar refractivity (Wildman–Crippen MR) is 86.4 cm³/mol. The molecular formula is C14H18ClN3OS. The van der Waals surface area contributed by atoms with E-state index in [4.69, 9.17) is 29.6 Å². The average Bonchev–Trinajstić information content (AvgIpc) is 2.46. The zero-order valence-electron chi connectivity index (χ0n) is 11.4. The Balaban J connectivity index is 2.32. The molecule has 1 amide bonds. The molecule has 1 atom stereocenters. The fraction of sp³-hybridized carbons (Fsp3) is 0.429. The number of likely N-dealkylation sites (N-methyl/N-ethyl adjacent to an activating group) is 1. The summed E-state index contributed by atoms with van der Waals surface area (Å²) >= 11 is 11.3. The second kappa shape index (κ2) is 6.41. The molecule has 0 radical (unpaired) electrons. The van der Waals surface area contributed by atoms with Crippen LogP contribution >= 0.6 is 23.8 Å². The van der Waals surface area contributed by atoms with Crippen molar-refractivity contribution in [1.29, 1.82) is 0 Å². The van der Waals surface area contributed by atoms with E-state index in [1.54, 1.807) is 13.1 Å². The predicted octanol–water partition coefficient (Wildman–Crippen LogP) is 2.08. The van der Waals surface area contributed by atoms with Crippen molar-refractivity contribution in [3.8, 4) is 0 Å². The number of carbonyl (C=O) groups excluding carboxylic acids is 1. The number of thiocarbonyl (C=S) groups is 1. The molecule has 108 valence electrons. The number of amides is 1. The summed E-state index contributed by atoms with van der Waals surface area (Å²) in [6.07, 6.45) is 2.95. The number of hydrogen-bond donors (Lipinski definition) is 2. The average molecular weight is 312 g/mol. The molecule has 4 nitrogen and oxygen atoms in total. The van der Waals surface area contributed by atoms with Crippen molar-refractivity contribution in [2.75, 3.05) is 18.5 Å². The third-order valence-electron chi connectivity index (χ3n) is 3.59. The third-order valence-corrected chi connectivity index (χ3v) is 4.13. The Kier molecular flexibility index (Phi) is 4.83. The lowest BCUT2D eigenvalue weighted by molar-refractivity contribution is -0.122. The number of benzene rings is 1. The summed E-state index contributed by atoms with van der Waals surface area (Å²) in [6, 6.07) is 5.33. The summed E-state index contributed by atoms with van der Waals surface area (Å²) in [5.41, 5.74) is 7.20. The highest BCUT2D eigenvalue weighted by molar-refractivity contribution is 7.80. The molecule has 0 saturated carbocycles. The maximum Gasteiger partial charge on any atom is 0.242 e. The van der Waals surface area contributed by atoms with E-state index in [9.17, 15) is 4.79 Å². The highest BCUT2D eigenvalue weighted by Gasteiger charge is 2.29. The van der Waals surface area contributed by atoms with E-state index in [2.05, 4.69) is 10.2 Å². The number of anilines is 1. The zero-order chi connectivity index (χ0) is 14.7. The summed E-state index contributed by atoms with van der Waals surface area (Å²) in [5, 5.41) is 3.29. The second-order valence-electron chi connectivity index (χ2n) is 4.85. The van der Waals surface area contributed by atoms with Gasteiger partial charge in [0.15, 0.2) is 0 Å². The van der Waals surface area contributed by atoms with E-state index >= 15 is 0 Å². The molecule has 2 rings (SSSR count). The van der Waals surface area contributed by atoms with Crippen LogP contribution in [-0.2, 0) is 4.79 Å². The van der Waals surface area contributed by atoms with Crippen LogP contribution in [0.2, 0.25) is 5.02 Å². The van der Waals surface area contributed by atoms with Gasteiger partial charge in [0.2, 0.25) is 5.91 Å². The second-order valence-corrected chi connectivity index (χ2v) is 5.70. The molecule has 0 bridgehead atoms. The summed E-state index contributed by atoms with van der Waals surface area (Å²) < 4.78 is 0. The first kappa shape index (κ1) is 15.1. The highest BCUT2D eigenvalue weighted by atomic mass is 35.5. The molecule has 1 fully saturated rings. The maximum absolute atomic E-state index is 12.0. The van der Waals surface area contributed by atoms with Gasteiger partial charge < -0.3 is 16.0 Å². The van der Waals surface area contributed by atoms with Crippen LogP contribution in [0.25, 0.3) is 0 Å². The van der Waals surface area contributed by atoms with Crippen LogP contribution in [0.1, 0.15) is 24.8 Å². The lowest BCUT2D eigenvalue weighted by Crippen LogP contribution is -2.49. The van der Waals surface area contributed by atoms with Gasteiger partial charge in [-0.25, -0.2) is 0 Å². The molecule has 6 heteroatoms. The van der Waals surface area contributed by atoms with Crippen molar-refractivity contribution in [3.63, 3.8) is 0 Å². The normalized spacial score (nSPS) is 18.7. The number of nitrogens with zero attached hydrogens (tertiary/aromatic N) is 1. The minimum absolute atomic E-state index is 0.0270. The first-order valence-corrected chi connectivity index (χ1v) is 7.41. The minimum atomic E-state index is -0.165. The molecule has 1 saturated heterocycles. The van der Waals surface area contributed by atoms with E-state index < -0.39 is 0 Å². The molecule has 0 spiro atoms. The number of piperidine rings is 1. The standard InChI is InChI=1S/C14H18ClN3OS/c1-17-14(19)12-4-2-3-7-18(12)11-6-5-9(13(16)20)8-10(11)15/h5-6,8,12H,2-4,7H2,1H3,(H2,16,20)(H,17,19). The number of nitrogens with one attached hydrogen (secondary N) is 1. The summed E-state index contributed by atoms with van der Waals surface area (Å²) in [6.45, 7) is 0.824. The SMILES string of the molecule is CNC(=O)C1CCCCN1c1ccc(C(N)=S)cc1Cl. The van der Waals surface area contributed by atoms with Crippen molar-refractivity contribution in [3.05, 3.63) is 28.8 Å². The zero-order valence-corrected chi connectivity index (χ0v) is 12.9. The smallest absolute Gasteiger partial charge is 0.242 e. The summed E-state index contributed by atoms with van der Waals surface area (Å²) in [7, 11) is 1.66. The molecule has 1 aromatic rings. The molecule has 0 aromatic heterocycles. The van der Waals surface area contributed by atoms with Crippen molar-refractivity contribution >= 4 is 40.4 Å². The summed E-state index contributed by atoms with van der Waals surface area (Å²) in [5.74, 6) is 0.0270. The lowest BCUT2D eigenvalue weighted by Gasteiger charge is -2.36. The van der Waals surface area contributed by atoms with Crippen LogP contribution in [-0.4, -0.2) is 30.5 Å². The maximum atomic E-state index is 12.0. The van der Waals surface area contributed by atoms with Crippen LogP contribution in [0.3, 0.4) is 0 Å². The van der Waals surface area contributed by atoms with Crippen molar-refractivity contribution < 1.29 is 4.79 Å². The van der Waals surface area contributed by atoms with Crippen molar-refractivity contribution in [2.45, 2.75) is 25.3 Å². The van der Waals surface area contributed by atoms with Gasteiger partial charge in [0.05, 0.1) is 10.7 Å². The van der Waals surface area contributed by atoms with Gasteiger partial charge >= 0.3 is 0 Å². The number of hydrogen-bond acceptors (Lipinski definition) is 3. The van der Waals surface area contributed by atoms with Gasteiger partial charge in [0, 0.05) is 19.2 Å². The molecule has 1 unspecified atom stereocenters. The molecule has 3 N–H and O–H groups in total. The molecular weight excluding hydrogens is 294 g/mol. The Morgan fingerprint density at radius 3 is 2.85 bits per heavy atom. The van der Waals surface area contributed by atoms with E-state index in [1.165, 1.54) is 0 Å². The highest BCUT2D eigenvalue weighted by Crippen LogP contribution is 2.32. The Morgan fingerprint density at radius 1 is 1.50 bits per heavy atom. The van der Waals surface area contributed by atoms with Gasteiger partial charge in [-0.15, -0.1) is 0 Å². The monoisotopic (exact) mass is 311 g/mol. The van der Waals surface area contributed by atoms with Gasteiger partial charge in [-0.3, -0.25) is 4.79 Å². The molecule has 0 aliphatic carbocycles. The van der Waals surface area contributed by atoms with Crippen LogP contribution in [0.15, 0.2) is 18.2 Å². The van der Waals surface area contributed by atoms with Crippen LogP contribution < -0.4 is 16.0 Å². The molecule has 1 aromatic carbocycles. The first-order chi connectivity index (χ1) is 9.54. The Labute approximate surface area is 129 Å². The molecule has 20 heavy (non-hydrogen) atoms. The fourth-order valence-corrected chi connectivity index (χ4v) is 2.97. The van der Waals surface area contributed by atoms with Crippen molar-refractivity contribution in [2.24, 2.45) is 5.73 Å². The fourth-order valence-electron chi connectivity index (χ4n) is 2.55. The Hall–Kier alpha value is -1.33. The van der Waals surface area contributed by atoms with Crippen molar-refractivity contribution in [1.82, 2.24) is 5.32 Å². The molecule has 1 heterocycles. The van der Waals surface area contributed by atoms with E-state index in [1.807, 2.05) is 12.1 Å². The largest absolute Gasteiger partial charge is 0.389 e. The van der Waals surface area contributed by atoms with Gasteiger partial charge in [0.25, 0.3) is 0 Å². The van der Waals surface area contributed by atoms with Crippen LogP contribution in [0, 0.1) is 0 Å². The quantitative estimate of drug-likeness (QED) is 0.839. The molecule has 1 aliphatic rings. The first-order valence-electron chi connectivity index (χ1n) is 6.62. The van der Waals surface area contributed by atoms with Gasteiger partial charge in [-0.05, 0) is 37.5 Å². The van der Waals surface area contributed by atoms with E-state index in [-0.39, 0.29) is 11.9 Å². The summed E-state index contributed by atoms with van der Waals surface area (Å²) in [4.78, 5) is 14.4. The number of carbonyl (C=O) groups is 1. The topological polar surface area (TPSA) is 58.4 Å². The minimum Gasteiger partial charge on any atom is -0.389 e. The number of halogens is 1. The van der Waals surface area contributed by atoms with Crippen LogP contribution in [0.5, 0.6) is 0 Å². The lowest BCUT2D eigenvalue weighted by atomic mass is 10.00. The number of rotatable bonds is 3. The molecule has 1 aliphatic heterocycles. The third kappa shape index (κ3) is 3.04. The van der Waals surface area contributed by atoms with Gasteiger partial charge in [0.1, 0.15) is 11.0 Å². The van der Waals surface area contributed by atoms with Gasteiger partial charge in [-0.2, -0.15) is 0 Å². The van der Waals surface area contributed by atoms with E-state index in [0.29, 0.717) is 10.0 Å². The van der Waals surface area contributed by atoms with E-state index in [0.717, 1.165) is 37.1 Å². The van der Waals surface area contributed by atoms with Crippen LogP contribution in [0.4, 0.5) is 5.69 Å². The Bertz CT molecular complexity index is 535.